The molecule has 0 amide bonds. The van der Waals surface area contributed by atoms with Gasteiger partial charge in [0.25, 0.3) is 0 Å². The molecule has 0 saturated carbocycles. The van der Waals surface area contributed by atoms with Gasteiger partial charge in [0.1, 0.15) is 0 Å². The van der Waals surface area contributed by atoms with Crippen LogP contribution in [-0.2, 0) is 5.41 Å². The molecule has 1 aliphatic carbocycles. The number of nitrogens with zero attached hydrogens (tertiary/aromatic N) is 1. The predicted octanol–water partition coefficient (Wildman–Crippen LogP) is 15.5. The lowest BCUT2D eigenvalue weighted by Crippen LogP contribution is -2.15. The van der Waals surface area contributed by atoms with Gasteiger partial charge in [-0.25, -0.2) is 0 Å². The summed E-state index contributed by atoms with van der Waals surface area (Å²) in [4.78, 5) is 2.45. The van der Waals surface area contributed by atoms with E-state index >= 15 is 0 Å². The monoisotopic (exact) mass is 719 g/mol. The highest BCUT2D eigenvalue weighted by Gasteiger charge is 2.35. The second-order valence-corrected chi connectivity index (χ2v) is 16.4. The van der Waals surface area contributed by atoms with Crippen LogP contribution in [0.4, 0.5) is 17.1 Å². The van der Waals surface area contributed by atoms with E-state index in [0.717, 1.165) is 17.1 Å². The van der Waals surface area contributed by atoms with Crippen LogP contribution in [-0.4, -0.2) is 0 Å². The molecular formula is C53H37NS. The first kappa shape index (κ1) is 32.0. The number of fused-ring (bicyclic) bond motifs is 9. The zero-order valence-corrected chi connectivity index (χ0v) is 31.6. The third-order valence-corrected chi connectivity index (χ3v) is 13.0. The highest BCUT2D eigenvalue weighted by molar-refractivity contribution is 7.26. The van der Waals surface area contributed by atoms with Crippen LogP contribution >= 0.6 is 11.3 Å². The zero-order valence-electron chi connectivity index (χ0n) is 30.8. The van der Waals surface area contributed by atoms with E-state index in [1.165, 1.54) is 86.2 Å². The number of para-hydroxylation sites is 1. The molecule has 0 aliphatic heterocycles. The van der Waals surface area contributed by atoms with Crippen molar-refractivity contribution in [2.45, 2.75) is 19.3 Å². The summed E-state index contributed by atoms with van der Waals surface area (Å²) < 4.78 is 2.67. The fourth-order valence-electron chi connectivity index (χ4n) is 9.16. The minimum absolute atomic E-state index is 0.0570. The Kier molecular flexibility index (Phi) is 7.14. The summed E-state index contributed by atoms with van der Waals surface area (Å²) in [5.41, 5.74) is 13.6. The van der Waals surface area contributed by atoms with Crippen LogP contribution in [0, 0.1) is 0 Å². The molecule has 1 aromatic heterocycles. The highest BCUT2D eigenvalue weighted by Crippen LogP contribution is 2.51. The van der Waals surface area contributed by atoms with Gasteiger partial charge in [0.05, 0.1) is 5.69 Å². The number of rotatable bonds is 5. The van der Waals surface area contributed by atoms with Crippen molar-refractivity contribution in [3.8, 4) is 33.4 Å². The Morgan fingerprint density at radius 3 is 1.93 bits per heavy atom. The van der Waals surface area contributed by atoms with Gasteiger partial charge < -0.3 is 4.90 Å². The van der Waals surface area contributed by atoms with Gasteiger partial charge in [-0.1, -0.05) is 153 Å². The summed E-state index contributed by atoms with van der Waals surface area (Å²) >= 11 is 1.88. The summed E-state index contributed by atoms with van der Waals surface area (Å²) in [6, 6.07) is 69.7. The van der Waals surface area contributed by atoms with Gasteiger partial charge in [-0.2, -0.15) is 0 Å². The topological polar surface area (TPSA) is 3.24 Å². The first-order chi connectivity index (χ1) is 27.0. The maximum atomic E-state index is 2.45. The molecule has 9 aromatic carbocycles. The normalized spacial score (nSPS) is 13.1. The molecule has 0 saturated heterocycles. The first-order valence-electron chi connectivity index (χ1n) is 19.1. The van der Waals surface area contributed by atoms with Crippen molar-refractivity contribution in [1.29, 1.82) is 0 Å². The van der Waals surface area contributed by atoms with Crippen LogP contribution in [0.15, 0.2) is 188 Å². The molecule has 2 heteroatoms. The van der Waals surface area contributed by atoms with Crippen molar-refractivity contribution in [3.63, 3.8) is 0 Å². The lowest BCUT2D eigenvalue weighted by molar-refractivity contribution is 0.660. The summed E-state index contributed by atoms with van der Waals surface area (Å²) in [5, 5.41) is 7.76. The van der Waals surface area contributed by atoms with Crippen molar-refractivity contribution >= 4 is 70.1 Å². The van der Waals surface area contributed by atoms with Gasteiger partial charge in [-0.15, -0.1) is 11.3 Å². The number of thiophene rings is 1. The Balaban J connectivity index is 1.09. The van der Waals surface area contributed by atoms with E-state index in [1.807, 2.05) is 11.3 Å². The molecule has 0 radical (unpaired) electrons. The van der Waals surface area contributed by atoms with Crippen LogP contribution < -0.4 is 4.90 Å². The van der Waals surface area contributed by atoms with Gasteiger partial charge in [0, 0.05) is 42.5 Å². The number of hydrogen-bond donors (Lipinski definition) is 0. The second-order valence-electron chi connectivity index (χ2n) is 15.3. The van der Waals surface area contributed by atoms with E-state index in [9.17, 15) is 0 Å². The molecule has 260 valence electrons. The van der Waals surface area contributed by atoms with Gasteiger partial charge in [-0.05, 0) is 109 Å². The maximum Gasteiger partial charge on any atom is 0.0540 e. The summed E-state index contributed by atoms with van der Waals surface area (Å²) in [7, 11) is 0. The SMILES string of the molecule is CC1(C)c2ccccc2-c2cc(N(c3ccc(-c4ccc5ccc6sc7ccccc7c6c5c4)cc3)c3ccccc3-c3cccc4ccccc34)ccc21. The summed E-state index contributed by atoms with van der Waals surface area (Å²) in [5.74, 6) is 0. The average molecular weight is 720 g/mol. The van der Waals surface area contributed by atoms with Crippen LogP contribution in [0.5, 0.6) is 0 Å². The zero-order chi connectivity index (χ0) is 36.7. The maximum absolute atomic E-state index is 2.45. The van der Waals surface area contributed by atoms with Gasteiger partial charge in [0.2, 0.25) is 0 Å². The molecule has 1 aliphatic rings. The van der Waals surface area contributed by atoms with E-state index in [4.69, 9.17) is 0 Å². The molecule has 0 bridgehead atoms. The Bertz CT molecular complexity index is 3120. The van der Waals surface area contributed by atoms with Gasteiger partial charge in [-0.3, -0.25) is 0 Å². The molecule has 55 heavy (non-hydrogen) atoms. The van der Waals surface area contributed by atoms with Crippen molar-refractivity contribution in [2.24, 2.45) is 0 Å². The quantitative estimate of drug-likeness (QED) is 0.171. The standard InChI is InChI=1S/C53H37NS/c1-53(2)47-19-8-5-15-42(47)46-33-39(29-30-48(46)53)54(49-20-9-6-16-43(49)41-18-11-13-35-12-3-4-14-40(35)41)38-27-24-34(25-28-38)37-23-22-36-26-31-51-52(45(36)32-37)44-17-7-10-21-50(44)55-51/h3-33H,1-2H3. The van der Waals surface area contributed by atoms with Crippen LogP contribution in [0.1, 0.15) is 25.0 Å². The third-order valence-electron chi connectivity index (χ3n) is 11.9. The Morgan fingerprint density at radius 2 is 1.04 bits per heavy atom. The van der Waals surface area contributed by atoms with E-state index in [1.54, 1.807) is 0 Å². The third kappa shape index (κ3) is 4.99. The molecule has 0 atom stereocenters. The minimum Gasteiger partial charge on any atom is -0.310 e. The molecule has 1 heterocycles. The van der Waals surface area contributed by atoms with Crippen LogP contribution in [0.25, 0.3) is 75.1 Å². The Morgan fingerprint density at radius 1 is 0.400 bits per heavy atom. The lowest BCUT2D eigenvalue weighted by Gasteiger charge is -2.29. The van der Waals surface area contributed by atoms with Crippen molar-refractivity contribution in [2.75, 3.05) is 4.90 Å². The van der Waals surface area contributed by atoms with Crippen molar-refractivity contribution in [3.05, 3.63) is 199 Å². The average Bonchev–Trinajstić information content (AvgIpc) is 3.73. The highest BCUT2D eigenvalue weighted by atomic mass is 32.1. The van der Waals surface area contributed by atoms with Crippen LogP contribution in [0.3, 0.4) is 0 Å². The van der Waals surface area contributed by atoms with Gasteiger partial charge in [0.15, 0.2) is 0 Å². The van der Waals surface area contributed by atoms with Crippen molar-refractivity contribution in [1.82, 2.24) is 0 Å². The number of anilines is 3. The second kappa shape index (κ2) is 12.3. The Labute approximate surface area is 325 Å². The number of benzene rings is 9. The number of hydrogen-bond acceptors (Lipinski definition) is 2. The lowest BCUT2D eigenvalue weighted by atomic mass is 9.82. The molecule has 11 rings (SSSR count). The Hall–Kier alpha value is -6.48. The molecule has 0 N–H and O–H groups in total. The fourth-order valence-corrected chi connectivity index (χ4v) is 10.3. The first-order valence-corrected chi connectivity index (χ1v) is 19.9. The molecular weight excluding hydrogens is 683 g/mol. The largest absolute Gasteiger partial charge is 0.310 e. The van der Waals surface area contributed by atoms with E-state index in [2.05, 4.69) is 207 Å². The summed E-state index contributed by atoms with van der Waals surface area (Å²) in [6.07, 6.45) is 0. The smallest absolute Gasteiger partial charge is 0.0540 e. The molecule has 0 spiro atoms. The van der Waals surface area contributed by atoms with Gasteiger partial charge >= 0.3 is 0 Å². The molecule has 1 nitrogen and oxygen atoms in total. The van der Waals surface area contributed by atoms with Crippen LogP contribution in [0.2, 0.25) is 0 Å². The molecule has 10 aromatic rings. The van der Waals surface area contributed by atoms with E-state index in [-0.39, 0.29) is 5.41 Å². The van der Waals surface area contributed by atoms with E-state index < -0.39 is 0 Å². The molecule has 0 unspecified atom stereocenters. The molecule has 0 fully saturated rings. The van der Waals surface area contributed by atoms with Crippen molar-refractivity contribution < 1.29 is 0 Å². The van der Waals surface area contributed by atoms with E-state index in [0.29, 0.717) is 0 Å². The predicted molar refractivity (Wildman–Crippen MR) is 237 cm³/mol. The fraction of sp³-hybridized carbons (Fsp3) is 0.0566. The summed E-state index contributed by atoms with van der Waals surface area (Å²) in [6.45, 7) is 4.70. The minimum atomic E-state index is -0.0570.